The minimum atomic E-state index is -0.443. The van der Waals surface area contributed by atoms with Gasteiger partial charge in [0.25, 0.3) is 5.91 Å². The van der Waals surface area contributed by atoms with Crippen LogP contribution >= 0.6 is 0 Å². The third kappa shape index (κ3) is 4.48. The minimum Gasteiger partial charge on any atom is -0.496 e. The first-order valence-electron chi connectivity index (χ1n) is 12.1. The van der Waals surface area contributed by atoms with Crippen LogP contribution < -0.4 is 4.74 Å². The third-order valence-corrected chi connectivity index (χ3v) is 7.16. The number of piperidine rings is 1. The number of amides is 1. The lowest BCUT2D eigenvalue weighted by molar-refractivity contribution is -0.186. The summed E-state index contributed by atoms with van der Waals surface area (Å²) in [5, 5.41) is 6.58. The van der Waals surface area contributed by atoms with Gasteiger partial charge in [0.15, 0.2) is 5.79 Å². The maximum Gasteiger partial charge on any atom is 0.257 e. The molecule has 0 aliphatic carbocycles. The lowest BCUT2D eigenvalue weighted by Gasteiger charge is -2.37. The molecule has 0 saturated carbocycles. The van der Waals surface area contributed by atoms with E-state index in [1.807, 2.05) is 24.3 Å². The second-order valence-electron chi connectivity index (χ2n) is 9.45. The molecule has 1 spiro atoms. The Hall–Kier alpha value is -2.74. The highest BCUT2D eigenvalue weighted by Gasteiger charge is 2.41. The van der Waals surface area contributed by atoms with Crippen LogP contribution in [0.2, 0.25) is 0 Å². The fraction of sp³-hybridized carbons (Fsp3) is 0.481. The standard InChI is InChI=1S/C27H33N3O4/c1-19-8-9-20(2)22(16-19)23-17-24(21-6-4-5-7-25(21)32-3)30(28-23)26(31)18-29-12-10-27(11-13-29)33-14-15-34-27/h4-9,16,24H,10-15,17-18H2,1-3H3/t24-/m1/s1. The number of carbonyl (C=O) groups excluding carboxylic acids is 1. The fourth-order valence-corrected chi connectivity index (χ4v) is 5.23. The van der Waals surface area contributed by atoms with E-state index in [1.54, 1.807) is 12.1 Å². The topological polar surface area (TPSA) is 63.6 Å². The van der Waals surface area contributed by atoms with Gasteiger partial charge < -0.3 is 14.2 Å². The number of benzene rings is 2. The van der Waals surface area contributed by atoms with Crippen molar-refractivity contribution >= 4 is 11.6 Å². The molecule has 0 unspecified atom stereocenters. The van der Waals surface area contributed by atoms with Gasteiger partial charge in [0.05, 0.1) is 38.6 Å². The van der Waals surface area contributed by atoms with Crippen LogP contribution in [-0.2, 0) is 14.3 Å². The van der Waals surface area contributed by atoms with Crippen LogP contribution in [0.3, 0.4) is 0 Å². The Kier molecular flexibility index (Phi) is 6.42. The Morgan fingerprint density at radius 3 is 2.59 bits per heavy atom. The first kappa shape index (κ1) is 23.0. The van der Waals surface area contributed by atoms with Crippen LogP contribution in [0, 0.1) is 13.8 Å². The van der Waals surface area contributed by atoms with Crippen LogP contribution in [0.25, 0.3) is 0 Å². The molecule has 0 bridgehead atoms. The van der Waals surface area contributed by atoms with E-state index in [9.17, 15) is 4.79 Å². The number of ether oxygens (including phenoxy) is 3. The molecule has 3 aliphatic heterocycles. The normalized spacial score (nSPS) is 22.3. The van der Waals surface area contributed by atoms with E-state index in [-0.39, 0.29) is 11.9 Å². The van der Waals surface area contributed by atoms with E-state index in [0.29, 0.717) is 26.2 Å². The molecule has 1 amide bonds. The maximum absolute atomic E-state index is 13.6. The number of rotatable bonds is 5. The average Bonchev–Trinajstić information content (AvgIpc) is 3.50. The van der Waals surface area contributed by atoms with Gasteiger partial charge >= 0.3 is 0 Å². The fourth-order valence-electron chi connectivity index (χ4n) is 5.23. The Balaban J connectivity index is 1.39. The SMILES string of the molecule is COc1ccccc1[C@H]1CC(c2cc(C)ccc2C)=NN1C(=O)CN1CCC2(CC1)OCCO2. The molecule has 7 heteroatoms. The largest absolute Gasteiger partial charge is 0.496 e. The predicted octanol–water partition coefficient (Wildman–Crippen LogP) is 3.83. The van der Waals surface area contributed by atoms with E-state index < -0.39 is 5.79 Å². The smallest absolute Gasteiger partial charge is 0.257 e. The number of hydrazone groups is 1. The van der Waals surface area contributed by atoms with Crippen molar-refractivity contribution in [3.8, 4) is 5.75 Å². The van der Waals surface area contributed by atoms with Gasteiger partial charge in [-0.2, -0.15) is 5.10 Å². The number of nitrogens with zero attached hydrogens (tertiary/aromatic N) is 3. The van der Waals surface area contributed by atoms with Crippen molar-refractivity contribution in [2.45, 2.75) is 44.9 Å². The highest BCUT2D eigenvalue weighted by Crippen LogP contribution is 2.38. The lowest BCUT2D eigenvalue weighted by Crippen LogP contribution is -2.48. The number of methoxy groups -OCH3 is 1. The van der Waals surface area contributed by atoms with Crippen LogP contribution in [0.4, 0.5) is 0 Å². The molecular formula is C27H33N3O4. The number of hydrogen-bond acceptors (Lipinski definition) is 6. The number of hydrogen-bond donors (Lipinski definition) is 0. The Labute approximate surface area is 201 Å². The van der Waals surface area contributed by atoms with Gasteiger partial charge in [0.1, 0.15) is 5.75 Å². The third-order valence-electron chi connectivity index (χ3n) is 7.16. The molecule has 5 rings (SSSR count). The van der Waals surface area contributed by atoms with E-state index in [1.165, 1.54) is 5.56 Å². The number of aryl methyl sites for hydroxylation is 2. The summed E-state index contributed by atoms with van der Waals surface area (Å²) in [7, 11) is 1.67. The molecule has 2 aromatic carbocycles. The molecule has 0 radical (unpaired) electrons. The predicted molar refractivity (Wildman–Crippen MR) is 130 cm³/mol. The lowest BCUT2D eigenvalue weighted by atomic mass is 9.94. The molecule has 2 aromatic rings. The molecule has 34 heavy (non-hydrogen) atoms. The number of carbonyl (C=O) groups is 1. The van der Waals surface area contributed by atoms with Crippen LogP contribution in [0.15, 0.2) is 47.6 Å². The van der Waals surface area contributed by atoms with Crippen molar-refractivity contribution in [2.75, 3.05) is 40.0 Å². The Morgan fingerprint density at radius 2 is 1.85 bits per heavy atom. The Morgan fingerprint density at radius 1 is 1.12 bits per heavy atom. The summed E-state index contributed by atoms with van der Waals surface area (Å²) in [4.78, 5) is 15.8. The van der Waals surface area contributed by atoms with E-state index >= 15 is 0 Å². The van der Waals surface area contributed by atoms with E-state index in [2.05, 4.69) is 36.9 Å². The summed E-state index contributed by atoms with van der Waals surface area (Å²) in [6.07, 6.45) is 2.22. The van der Waals surface area contributed by atoms with Gasteiger partial charge in [-0.3, -0.25) is 9.69 Å². The highest BCUT2D eigenvalue weighted by atomic mass is 16.7. The van der Waals surface area contributed by atoms with Crippen molar-refractivity contribution in [1.82, 2.24) is 9.91 Å². The first-order chi connectivity index (χ1) is 16.5. The molecule has 0 N–H and O–H groups in total. The van der Waals surface area contributed by atoms with Gasteiger partial charge in [-0.1, -0.05) is 35.9 Å². The number of para-hydroxylation sites is 1. The van der Waals surface area contributed by atoms with E-state index in [0.717, 1.165) is 54.1 Å². The van der Waals surface area contributed by atoms with Crippen LogP contribution in [0.1, 0.15) is 47.6 Å². The van der Waals surface area contributed by atoms with Crippen molar-refractivity contribution in [3.05, 3.63) is 64.7 Å². The van der Waals surface area contributed by atoms with Gasteiger partial charge in [-0.25, -0.2) is 5.01 Å². The molecule has 2 saturated heterocycles. The van der Waals surface area contributed by atoms with Crippen molar-refractivity contribution in [3.63, 3.8) is 0 Å². The second-order valence-corrected chi connectivity index (χ2v) is 9.45. The molecule has 180 valence electrons. The molecule has 0 aromatic heterocycles. The summed E-state index contributed by atoms with van der Waals surface area (Å²) in [6, 6.07) is 14.1. The quantitative estimate of drug-likeness (QED) is 0.675. The zero-order valence-electron chi connectivity index (χ0n) is 20.3. The van der Waals surface area contributed by atoms with Gasteiger partial charge in [0, 0.05) is 43.5 Å². The Bertz CT molecular complexity index is 1080. The zero-order chi connectivity index (χ0) is 23.7. The summed E-state index contributed by atoms with van der Waals surface area (Å²) < 4.78 is 17.3. The van der Waals surface area contributed by atoms with Crippen molar-refractivity contribution < 1.29 is 19.0 Å². The molecule has 3 heterocycles. The number of likely N-dealkylation sites (tertiary alicyclic amines) is 1. The highest BCUT2D eigenvalue weighted by molar-refractivity contribution is 6.04. The summed E-state index contributed by atoms with van der Waals surface area (Å²) in [5.74, 6) is 0.333. The molecule has 2 fully saturated rings. The first-order valence-corrected chi connectivity index (χ1v) is 12.1. The molecule has 1 atom stereocenters. The maximum atomic E-state index is 13.6. The molecule has 3 aliphatic rings. The van der Waals surface area contributed by atoms with Gasteiger partial charge in [-0.05, 0) is 31.5 Å². The summed E-state index contributed by atoms with van der Waals surface area (Å²) >= 11 is 0. The zero-order valence-corrected chi connectivity index (χ0v) is 20.3. The minimum absolute atomic E-state index is 0.000390. The summed E-state index contributed by atoms with van der Waals surface area (Å²) in [6.45, 7) is 7.35. The van der Waals surface area contributed by atoms with Crippen molar-refractivity contribution in [2.24, 2.45) is 5.10 Å². The van der Waals surface area contributed by atoms with E-state index in [4.69, 9.17) is 19.3 Å². The summed E-state index contributed by atoms with van der Waals surface area (Å²) in [5.41, 5.74) is 5.37. The molecular weight excluding hydrogens is 430 g/mol. The van der Waals surface area contributed by atoms with Crippen LogP contribution in [-0.4, -0.2) is 67.3 Å². The average molecular weight is 464 g/mol. The van der Waals surface area contributed by atoms with Crippen molar-refractivity contribution in [1.29, 1.82) is 0 Å². The monoisotopic (exact) mass is 463 g/mol. The molecule has 7 nitrogen and oxygen atoms in total. The van der Waals surface area contributed by atoms with Gasteiger partial charge in [-0.15, -0.1) is 0 Å². The van der Waals surface area contributed by atoms with Gasteiger partial charge in [0.2, 0.25) is 0 Å². The second kappa shape index (κ2) is 9.49. The van der Waals surface area contributed by atoms with Crippen LogP contribution in [0.5, 0.6) is 5.75 Å².